The lowest BCUT2D eigenvalue weighted by Gasteiger charge is -2.03. The molecule has 0 bridgehead atoms. The maximum atomic E-state index is 11.4. The number of pyridine rings is 1. The quantitative estimate of drug-likeness (QED) is 0.671. The highest BCUT2D eigenvalue weighted by molar-refractivity contribution is 5.07. The van der Waals surface area contributed by atoms with Gasteiger partial charge in [-0.3, -0.25) is 4.79 Å². The highest BCUT2D eigenvalue weighted by Crippen LogP contribution is 1.93. The van der Waals surface area contributed by atoms with Crippen molar-refractivity contribution in [3.05, 3.63) is 34.2 Å². The molecule has 0 spiro atoms. The Morgan fingerprint density at radius 3 is 2.92 bits per heavy atom. The molecule has 0 saturated carbocycles. The molecule has 0 aromatic carbocycles. The summed E-state index contributed by atoms with van der Waals surface area (Å²) in [6.07, 6.45) is 4.05. The van der Waals surface area contributed by atoms with Crippen molar-refractivity contribution < 1.29 is 0 Å². The minimum atomic E-state index is 0.144. The van der Waals surface area contributed by atoms with Crippen LogP contribution in [-0.4, -0.2) is 4.57 Å². The molecule has 2 nitrogen and oxygen atoms in total. The molecule has 1 rings (SSSR count). The van der Waals surface area contributed by atoms with Gasteiger partial charge in [-0.15, -0.1) is 0 Å². The first-order valence-corrected chi connectivity index (χ1v) is 4.41. The molecule has 0 N–H and O–H groups in total. The third-order valence-electron chi connectivity index (χ3n) is 1.96. The topological polar surface area (TPSA) is 22.0 Å². The van der Waals surface area contributed by atoms with Crippen LogP contribution in [0, 0.1) is 6.92 Å². The van der Waals surface area contributed by atoms with Gasteiger partial charge in [-0.2, -0.15) is 0 Å². The van der Waals surface area contributed by atoms with Gasteiger partial charge < -0.3 is 4.57 Å². The van der Waals surface area contributed by atoms with Crippen LogP contribution in [0.5, 0.6) is 0 Å². The molecular weight excluding hydrogens is 150 g/mol. The predicted molar refractivity (Wildman–Crippen MR) is 50.3 cm³/mol. The number of rotatable bonds is 3. The van der Waals surface area contributed by atoms with Gasteiger partial charge in [-0.25, -0.2) is 0 Å². The molecule has 0 aliphatic heterocycles. The Bertz CT molecular complexity index is 301. The second-order valence-corrected chi connectivity index (χ2v) is 3.04. The second-order valence-electron chi connectivity index (χ2n) is 3.04. The average Bonchev–Trinajstić information content (AvgIpc) is 2.08. The molecule has 0 saturated heterocycles. The molecule has 0 unspecified atom stereocenters. The summed E-state index contributed by atoms with van der Waals surface area (Å²) in [7, 11) is 0. The number of aryl methyl sites for hydroxylation is 2. The van der Waals surface area contributed by atoms with E-state index in [9.17, 15) is 4.79 Å². The van der Waals surface area contributed by atoms with Crippen LogP contribution in [0.2, 0.25) is 0 Å². The SMILES string of the molecule is CCCCn1cccc(C)c1=O. The van der Waals surface area contributed by atoms with Gasteiger partial charge >= 0.3 is 0 Å². The number of hydrogen-bond donors (Lipinski definition) is 0. The first-order valence-electron chi connectivity index (χ1n) is 4.41. The van der Waals surface area contributed by atoms with Crippen LogP contribution in [-0.2, 0) is 6.54 Å². The van der Waals surface area contributed by atoms with Crippen LogP contribution in [0.4, 0.5) is 0 Å². The summed E-state index contributed by atoms with van der Waals surface area (Å²) in [5.74, 6) is 0. The lowest BCUT2D eigenvalue weighted by molar-refractivity contribution is 0.610. The van der Waals surface area contributed by atoms with E-state index in [-0.39, 0.29) is 5.56 Å². The van der Waals surface area contributed by atoms with Crippen molar-refractivity contribution in [2.75, 3.05) is 0 Å². The maximum Gasteiger partial charge on any atom is 0.253 e. The molecule has 0 atom stereocenters. The fraction of sp³-hybridized carbons (Fsp3) is 0.500. The zero-order valence-corrected chi connectivity index (χ0v) is 7.71. The molecule has 1 aromatic rings. The van der Waals surface area contributed by atoms with Crippen LogP contribution in [0.15, 0.2) is 23.1 Å². The van der Waals surface area contributed by atoms with Gasteiger partial charge in [0, 0.05) is 18.3 Å². The maximum absolute atomic E-state index is 11.4. The lowest BCUT2D eigenvalue weighted by atomic mass is 10.3. The Labute approximate surface area is 72.8 Å². The van der Waals surface area contributed by atoms with E-state index in [1.165, 1.54) is 0 Å². The fourth-order valence-corrected chi connectivity index (χ4v) is 1.16. The first-order chi connectivity index (χ1) is 5.75. The van der Waals surface area contributed by atoms with E-state index in [2.05, 4.69) is 6.92 Å². The minimum Gasteiger partial charge on any atom is -0.315 e. The van der Waals surface area contributed by atoms with Gasteiger partial charge in [0.1, 0.15) is 0 Å². The highest BCUT2D eigenvalue weighted by atomic mass is 16.1. The van der Waals surface area contributed by atoms with E-state index in [4.69, 9.17) is 0 Å². The molecule has 1 heterocycles. The zero-order chi connectivity index (χ0) is 8.97. The van der Waals surface area contributed by atoms with Crippen molar-refractivity contribution in [2.45, 2.75) is 33.2 Å². The van der Waals surface area contributed by atoms with Gasteiger partial charge in [-0.05, 0) is 19.4 Å². The molecule has 0 fully saturated rings. The van der Waals surface area contributed by atoms with E-state index < -0.39 is 0 Å². The van der Waals surface area contributed by atoms with Gasteiger partial charge in [0.05, 0.1) is 0 Å². The summed E-state index contributed by atoms with van der Waals surface area (Å²) < 4.78 is 1.78. The van der Waals surface area contributed by atoms with E-state index >= 15 is 0 Å². The van der Waals surface area contributed by atoms with E-state index in [1.807, 2.05) is 25.3 Å². The largest absolute Gasteiger partial charge is 0.315 e. The molecule has 0 amide bonds. The number of aromatic nitrogens is 1. The monoisotopic (exact) mass is 165 g/mol. The molecule has 0 aliphatic rings. The third-order valence-corrected chi connectivity index (χ3v) is 1.96. The summed E-state index contributed by atoms with van der Waals surface area (Å²) in [4.78, 5) is 11.4. The summed E-state index contributed by atoms with van der Waals surface area (Å²) in [5.41, 5.74) is 0.972. The van der Waals surface area contributed by atoms with Crippen molar-refractivity contribution in [1.29, 1.82) is 0 Å². The summed E-state index contributed by atoms with van der Waals surface area (Å²) in [5, 5.41) is 0. The Morgan fingerprint density at radius 1 is 1.50 bits per heavy atom. The number of unbranched alkanes of at least 4 members (excludes halogenated alkanes) is 1. The van der Waals surface area contributed by atoms with Crippen LogP contribution in [0.3, 0.4) is 0 Å². The van der Waals surface area contributed by atoms with Gasteiger partial charge in [0.25, 0.3) is 5.56 Å². The van der Waals surface area contributed by atoms with E-state index in [1.54, 1.807) is 4.57 Å². The lowest BCUT2D eigenvalue weighted by Crippen LogP contribution is -2.20. The van der Waals surface area contributed by atoms with Crippen molar-refractivity contribution in [3.63, 3.8) is 0 Å². The second kappa shape index (κ2) is 4.10. The predicted octanol–water partition coefficient (Wildman–Crippen LogP) is 1.96. The van der Waals surface area contributed by atoms with Crippen molar-refractivity contribution in [2.24, 2.45) is 0 Å². The Morgan fingerprint density at radius 2 is 2.25 bits per heavy atom. The normalized spacial score (nSPS) is 10.2. The standard InChI is InChI=1S/C10H15NO/c1-3-4-7-11-8-5-6-9(2)10(11)12/h5-6,8H,3-4,7H2,1-2H3. The minimum absolute atomic E-state index is 0.144. The average molecular weight is 165 g/mol. The molecular formula is C10H15NO. The van der Waals surface area contributed by atoms with Crippen molar-refractivity contribution in [1.82, 2.24) is 4.57 Å². The van der Waals surface area contributed by atoms with E-state index in [0.29, 0.717) is 0 Å². The highest BCUT2D eigenvalue weighted by Gasteiger charge is 1.96. The Kier molecular flexibility index (Phi) is 3.09. The van der Waals surface area contributed by atoms with Crippen LogP contribution < -0.4 is 5.56 Å². The van der Waals surface area contributed by atoms with Crippen LogP contribution in [0.25, 0.3) is 0 Å². The van der Waals surface area contributed by atoms with E-state index in [0.717, 1.165) is 24.9 Å². The fourth-order valence-electron chi connectivity index (χ4n) is 1.16. The van der Waals surface area contributed by atoms with Gasteiger partial charge in [0.15, 0.2) is 0 Å². The zero-order valence-electron chi connectivity index (χ0n) is 7.71. The third kappa shape index (κ3) is 1.97. The Balaban J connectivity index is 2.85. The van der Waals surface area contributed by atoms with Crippen molar-refractivity contribution in [3.8, 4) is 0 Å². The summed E-state index contributed by atoms with van der Waals surface area (Å²) in [6, 6.07) is 3.77. The number of hydrogen-bond acceptors (Lipinski definition) is 1. The van der Waals surface area contributed by atoms with Crippen LogP contribution in [0.1, 0.15) is 25.3 Å². The molecule has 1 aromatic heterocycles. The molecule has 12 heavy (non-hydrogen) atoms. The van der Waals surface area contributed by atoms with Gasteiger partial charge in [0.2, 0.25) is 0 Å². The summed E-state index contributed by atoms with van der Waals surface area (Å²) >= 11 is 0. The first kappa shape index (κ1) is 9.04. The molecule has 0 aliphatic carbocycles. The Hall–Kier alpha value is -1.05. The summed E-state index contributed by atoms with van der Waals surface area (Å²) in [6.45, 7) is 4.82. The smallest absolute Gasteiger partial charge is 0.253 e. The molecule has 2 heteroatoms. The molecule has 66 valence electrons. The van der Waals surface area contributed by atoms with Gasteiger partial charge in [-0.1, -0.05) is 19.4 Å². The van der Waals surface area contributed by atoms with Crippen molar-refractivity contribution >= 4 is 0 Å². The van der Waals surface area contributed by atoms with Crippen LogP contribution >= 0.6 is 0 Å². The number of nitrogens with zero attached hydrogens (tertiary/aromatic N) is 1. The molecule has 0 radical (unpaired) electrons.